The van der Waals surface area contributed by atoms with Crippen molar-refractivity contribution in [3.05, 3.63) is 17.2 Å². The number of phenols is 2. The molecule has 0 heterocycles. The van der Waals surface area contributed by atoms with E-state index >= 15 is 0 Å². The average molecular weight is 294 g/mol. The summed E-state index contributed by atoms with van der Waals surface area (Å²) in [6.45, 7) is 6.90. The minimum atomic E-state index is -0.116. The van der Waals surface area contributed by atoms with Gasteiger partial charge < -0.3 is 14.9 Å². The normalized spacial score (nSPS) is 10.8. The second kappa shape index (κ2) is 9.54. The topological polar surface area (TPSA) is 49.7 Å². The SMILES string of the molecule is CCCCCCCCOc1c(O)c(O)cc(CC)c1CC. The Morgan fingerprint density at radius 3 is 2.19 bits per heavy atom. The summed E-state index contributed by atoms with van der Waals surface area (Å²) in [5.74, 6) is 0.278. The maximum Gasteiger partial charge on any atom is 0.200 e. The highest BCUT2D eigenvalue weighted by atomic mass is 16.5. The molecule has 0 fully saturated rings. The van der Waals surface area contributed by atoms with Crippen molar-refractivity contribution in [3.63, 3.8) is 0 Å². The minimum absolute atomic E-state index is 0.0815. The lowest BCUT2D eigenvalue weighted by Crippen LogP contribution is -2.03. The van der Waals surface area contributed by atoms with Gasteiger partial charge in [-0.2, -0.15) is 0 Å². The molecule has 0 saturated carbocycles. The summed E-state index contributed by atoms with van der Waals surface area (Å²) in [5.41, 5.74) is 2.06. The molecule has 0 bridgehead atoms. The maximum absolute atomic E-state index is 10.0. The molecule has 0 aliphatic heterocycles. The van der Waals surface area contributed by atoms with Crippen LogP contribution < -0.4 is 4.74 Å². The number of unbranched alkanes of at least 4 members (excludes halogenated alkanes) is 5. The molecule has 0 amide bonds. The molecule has 0 radical (unpaired) electrons. The lowest BCUT2D eigenvalue weighted by molar-refractivity contribution is 0.280. The van der Waals surface area contributed by atoms with Crippen molar-refractivity contribution < 1.29 is 14.9 Å². The Balaban J connectivity index is 2.59. The van der Waals surface area contributed by atoms with Gasteiger partial charge in [-0.3, -0.25) is 0 Å². The second-order valence-corrected chi connectivity index (χ2v) is 5.53. The molecule has 0 aromatic heterocycles. The molecule has 1 aromatic carbocycles. The van der Waals surface area contributed by atoms with Gasteiger partial charge in [0.1, 0.15) is 0 Å². The first-order valence-corrected chi connectivity index (χ1v) is 8.35. The molecule has 120 valence electrons. The van der Waals surface area contributed by atoms with Crippen LogP contribution in [-0.4, -0.2) is 16.8 Å². The molecule has 0 unspecified atom stereocenters. The number of aryl methyl sites for hydroxylation is 1. The van der Waals surface area contributed by atoms with Gasteiger partial charge in [-0.15, -0.1) is 0 Å². The quantitative estimate of drug-likeness (QED) is 0.473. The first-order valence-electron chi connectivity index (χ1n) is 8.35. The number of hydrogen-bond acceptors (Lipinski definition) is 3. The predicted octanol–water partition coefficient (Wildman–Crippen LogP) is 4.96. The molecule has 0 aliphatic carbocycles. The summed E-state index contributed by atoms with van der Waals surface area (Å²) >= 11 is 0. The van der Waals surface area contributed by atoms with Crippen LogP contribution >= 0.6 is 0 Å². The van der Waals surface area contributed by atoms with Crippen molar-refractivity contribution in [2.24, 2.45) is 0 Å². The lowest BCUT2D eigenvalue weighted by atomic mass is 10.0. The lowest BCUT2D eigenvalue weighted by Gasteiger charge is -2.16. The molecule has 21 heavy (non-hydrogen) atoms. The van der Waals surface area contributed by atoms with E-state index in [1.807, 2.05) is 13.8 Å². The van der Waals surface area contributed by atoms with Gasteiger partial charge in [0.05, 0.1) is 6.61 Å². The van der Waals surface area contributed by atoms with E-state index in [2.05, 4.69) is 6.92 Å². The van der Waals surface area contributed by atoms with Crippen molar-refractivity contribution in [2.45, 2.75) is 72.1 Å². The van der Waals surface area contributed by atoms with E-state index in [-0.39, 0.29) is 11.5 Å². The Morgan fingerprint density at radius 1 is 0.905 bits per heavy atom. The van der Waals surface area contributed by atoms with Gasteiger partial charge in [0.25, 0.3) is 0 Å². The third-order valence-corrected chi connectivity index (χ3v) is 3.91. The van der Waals surface area contributed by atoms with Crippen molar-refractivity contribution in [1.82, 2.24) is 0 Å². The van der Waals surface area contributed by atoms with E-state index in [1.54, 1.807) is 6.07 Å². The van der Waals surface area contributed by atoms with Gasteiger partial charge in [-0.05, 0) is 30.9 Å². The highest BCUT2D eigenvalue weighted by molar-refractivity contribution is 5.57. The summed E-state index contributed by atoms with van der Waals surface area (Å²) in [6.07, 6.45) is 8.85. The average Bonchev–Trinajstić information content (AvgIpc) is 2.49. The first-order chi connectivity index (χ1) is 10.2. The summed E-state index contributed by atoms with van der Waals surface area (Å²) in [5, 5.41) is 19.8. The van der Waals surface area contributed by atoms with Crippen LogP contribution in [0.2, 0.25) is 0 Å². The third-order valence-electron chi connectivity index (χ3n) is 3.91. The molecule has 3 heteroatoms. The van der Waals surface area contributed by atoms with Crippen molar-refractivity contribution in [1.29, 1.82) is 0 Å². The van der Waals surface area contributed by atoms with E-state index in [9.17, 15) is 10.2 Å². The fraction of sp³-hybridized carbons (Fsp3) is 0.667. The second-order valence-electron chi connectivity index (χ2n) is 5.53. The number of aromatic hydroxyl groups is 2. The number of phenolic OH excluding ortho intramolecular Hbond substituents is 2. The zero-order valence-electron chi connectivity index (χ0n) is 13.7. The largest absolute Gasteiger partial charge is 0.504 e. The Bertz CT molecular complexity index is 427. The molecular formula is C18H30O3. The van der Waals surface area contributed by atoms with Crippen LogP contribution in [0.1, 0.15) is 70.4 Å². The minimum Gasteiger partial charge on any atom is -0.504 e. The molecule has 2 N–H and O–H groups in total. The number of hydrogen-bond donors (Lipinski definition) is 2. The van der Waals surface area contributed by atoms with Gasteiger partial charge in [0, 0.05) is 5.56 Å². The highest BCUT2D eigenvalue weighted by Crippen LogP contribution is 2.41. The molecule has 1 aromatic rings. The number of ether oxygens (including phenoxy) is 1. The van der Waals surface area contributed by atoms with Gasteiger partial charge in [-0.1, -0.05) is 52.9 Å². The summed E-state index contributed by atoms with van der Waals surface area (Å²) in [4.78, 5) is 0. The Labute approximate surface area is 129 Å². The third kappa shape index (κ3) is 5.14. The number of rotatable bonds is 10. The van der Waals surface area contributed by atoms with E-state index in [0.29, 0.717) is 12.4 Å². The monoisotopic (exact) mass is 294 g/mol. The molecule has 0 aliphatic rings. The van der Waals surface area contributed by atoms with Crippen LogP contribution in [0.4, 0.5) is 0 Å². The summed E-state index contributed by atoms with van der Waals surface area (Å²) < 4.78 is 5.78. The number of benzene rings is 1. The van der Waals surface area contributed by atoms with Crippen LogP contribution in [0.25, 0.3) is 0 Å². The van der Waals surface area contributed by atoms with E-state index in [1.165, 1.54) is 25.7 Å². The van der Waals surface area contributed by atoms with Crippen molar-refractivity contribution in [3.8, 4) is 17.2 Å². The van der Waals surface area contributed by atoms with E-state index in [4.69, 9.17) is 4.74 Å². The molecule has 1 rings (SSSR count). The van der Waals surface area contributed by atoms with Crippen LogP contribution in [0.5, 0.6) is 17.2 Å². The van der Waals surface area contributed by atoms with Crippen LogP contribution in [-0.2, 0) is 12.8 Å². The van der Waals surface area contributed by atoms with Crippen LogP contribution in [0.15, 0.2) is 6.07 Å². The zero-order chi connectivity index (χ0) is 15.7. The van der Waals surface area contributed by atoms with Crippen LogP contribution in [0.3, 0.4) is 0 Å². The molecule has 0 atom stereocenters. The predicted molar refractivity (Wildman–Crippen MR) is 87.4 cm³/mol. The maximum atomic E-state index is 10.0. The van der Waals surface area contributed by atoms with Crippen LogP contribution in [0, 0.1) is 0 Å². The van der Waals surface area contributed by atoms with E-state index in [0.717, 1.165) is 36.8 Å². The smallest absolute Gasteiger partial charge is 0.200 e. The standard InChI is InChI=1S/C18H30O3/c1-4-7-8-9-10-11-12-21-18-15(6-3)14(5-2)13-16(19)17(18)20/h13,19-20H,4-12H2,1-3H3. The van der Waals surface area contributed by atoms with Crippen molar-refractivity contribution >= 4 is 0 Å². The fourth-order valence-corrected chi connectivity index (χ4v) is 2.64. The molecule has 3 nitrogen and oxygen atoms in total. The van der Waals surface area contributed by atoms with Gasteiger partial charge >= 0.3 is 0 Å². The molecule has 0 saturated heterocycles. The van der Waals surface area contributed by atoms with Gasteiger partial charge in [0.15, 0.2) is 11.5 Å². The van der Waals surface area contributed by atoms with E-state index < -0.39 is 0 Å². The Kier molecular flexibility index (Phi) is 8.03. The molecular weight excluding hydrogens is 264 g/mol. The highest BCUT2D eigenvalue weighted by Gasteiger charge is 2.16. The molecule has 0 spiro atoms. The fourth-order valence-electron chi connectivity index (χ4n) is 2.64. The zero-order valence-corrected chi connectivity index (χ0v) is 13.7. The Hall–Kier alpha value is -1.38. The van der Waals surface area contributed by atoms with Gasteiger partial charge in [-0.25, -0.2) is 0 Å². The Morgan fingerprint density at radius 2 is 1.57 bits per heavy atom. The van der Waals surface area contributed by atoms with Gasteiger partial charge in [0.2, 0.25) is 5.75 Å². The van der Waals surface area contributed by atoms with Crippen molar-refractivity contribution in [2.75, 3.05) is 6.61 Å². The summed E-state index contributed by atoms with van der Waals surface area (Å²) in [6, 6.07) is 1.64. The summed E-state index contributed by atoms with van der Waals surface area (Å²) in [7, 11) is 0. The first kappa shape index (κ1) is 17.7.